The van der Waals surface area contributed by atoms with Crippen molar-refractivity contribution in [2.45, 2.75) is 64.6 Å². The molecule has 9 heterocycles. The third kappa shape index (κ3) is 13.6. The molecule has 0 bridgehead atoms. The summed E-state index contributed by atoms with van der Waals surface area (Å²) in [6, 6.07) is 37.0. The number of aromatic nitrogens is 9. The zero-order valence-electron chi connectivity index (χ0n) is 49.3. The molecular weight excluding hydrogens is 1250 g/mol. The van der Waals surface area contributed by atoms with Crippen molar-refractivity contribution in [3.8, 4) is 31.7 Å². The Morgan fingerprint density at radius 2 is 0.813 bits per heavy atom. The second-order valence-electron chi connectivity index (χ2n) is 21.3. The molecule has 2 N–H and O–H groups in total. The first kappa shape index (κ1) is 62.5. The van der Waals surface area contributed by atoms with Crippen molar-refractivity contribution in [3.63, 3.8) is 0 Å². The second kappa shape index (κ2) is 26.6. The second-order valence-corrected chi connectivity index (χ2v) is 25.8. The molecule has 4 aromatic carbocycles. The first-order valence-corrected chi connectivity index (χ1v) is 32.3. The van der Waals surface area contributed by atoms with Crippen LogP contribution in [0, 0.1) is 23.3 Å². The molecule has 0 atom stereocenters. The van der Waals surface area contributed by atoms with Gasteiger partial charge in [0, 0.05) is 34.8 Å². The Morgan fingerprint density at radius 1 is 0.462 bits per heavy atom. The molecule has 3 amide bonds. The molecule has 13 aromatic rings. The molecule has 0 aliphatic carbocycles. The molecule has 0 unspecified atom stereocenters. The molecule has 460 valence electrons. The number of imide groups is 1. The smallest absolute Gasteiger partial charge is 0.265 e. The van der Waals surface area contributed by atoms with Gasteiger partial charge in [-0.3, -0.25) is 19.1 Å². The van der Waals surface area contributed by atoms with Crippen LogP contribution in [0.5, 0.6) is 0 Å². The van der Waals surface area contributed by atoms with E-state index in [1.807, 2.05) is 105 Å². The van der Waals surface area contributed by atoms with E-state index in [2.05, 4.69) is 25.3 Å². The van der Waals surface area contributed by atoms with E-state index in [4.69, 9.17) is 15.0 Å². The highest BCUT2D eigenvalue weighted by atomic mass is 32.2. The Morgan fingerprint density at radius 3 is 1.21 bits per heavy atom. The Kier molecular flexibility index (Phi) is 18.2. The maximum absolute atomic E-state index is 13.8. The number of rotatable bonds is 14. The van der Waals surface area contributed by atoms with Gasteiger partial charge in [-0.2, -0.15) is 15.3 Å². The summed E-state index contributed by atoms with van der Waals surface area (Å²) in [5, 5.41) is 23.9. The normalized spacial score (nSPS) is 11.5. The molecule has 91 heavy (non-hydrogen) atoms. The number of thiophene rings is 3. The van der Waals surface area contributed by atoms with Crippen molar-refractivity contribution in [3.05, 3.63) is 226 Å². The van der Waals surface area contributed by atoms with Gasteiger partial charge in [0.15, 0.2) is 16.9 Å². The van der Waals surface area contributed by atoms with Crippen LogP contribution in [0.15, 0.2) is 191 Å². The van der Waals surface area contributed by atoms with Crippen LogP contribution in [0.2, 0.25) is 0 Å². The zero-order valence-corrected chi connectivity index (χ0v) is 52.6. The predicted octanol–water partition coefficient (Wildman–Crippen LogP) is 16.3. The van der Waals surface area contributed by atoms with Crippen molar-refractivity contribution in [1.82, 2.24) is 44.3 Å². The van der Waals surface area contributed by atoms with E-state index in [0.717, 1.165) is 67.0 Å². The number of benzene rings is 4. The molecule has 13 rings (SSSR count). The molecule has 0 aliphatic heterocycles. The highest BCUT2D eigenvalue weighted by Crippen LogP contribution is 2.37. The summed E-state index contributed by atoms with van der Waals surface area (Å²) in [6.45, 7) is 11.9. The van der Waals surface area contributed by atoms with Crippen molar-refractivity contribution in [2.24, 2.45) is 0 Å². The quantitative estimate of drug-likeness (QED) is 0.0774. The van der Waals surface area contributed by atoms with Gasteiger partial charge in [0.05, 0.1) is 88.4 Å². The number of anilines is 3. The van der Waals surface area contributed by atoms with Crippen LogP contribution in [0.4, 0.5) is 34.6 Å². The van der Waals surface area contributed by atoms with E-state index >= 15 is 0 Å². The number of carbonyl (C=O) groups is 3. The van der Waals surface area contributed by atoms with E-state index in [1.54, 1.807) is 51.4 Å². The maximum atomic E-state index is 13.8. The van der Waals surface area contributed by atoms with E-state index in [0.29, 0.717) is 56.0 Å². The largest absolute Gasteiger partial charge is 0.321 e. The predicted molar refractivity (Wildman–Crippen MR) is 349 cm³/mol. The van der Waals surface area contributed by atoms with Gasteiger partial charge >= 0.3 is 0 Å². The highest BCUT2D eigenvalue weighted by molar-refractivity contribution is 7.92. The molecule has 0 spiro atoms. The third-order valence-corrected chi connectivity index (χ3v) is 18.1. The van der Waals surface area contributed by atoms with Gasteiger partial charge in [0.25, 0.3) is 27.7 Å². The molecule has 0 aliphatic rings. The van der Waals surface area contributed by atoms with Crippen LogP contribution in [-0.4, -0.2) is 70.4 Å². The third-order valence-electron chi connectivity index (χ3n) is 14.0. The number of pyridine rings is 3. The van der Waals surface area contributed by atoms with Gasteiger partial charge in [-0.05, 0) is 191 Å². The topological polar surface area (TPSA) is 205 Å². The fourth-order valence-corrected chi connectivity index (χ4v) is 12.7. The fraction of sp³-hybridized carbons (Fsp3) is 0.136. The average Bonchev–Trinajstić information content (AvgIpc) is 1.72. The van der Waals surface area contributed by atoms with Gasteiger partial charge in [-0.1, -0.05) is 18.2 Å². The minimum atomic E-state index is -3.90. The van der Waals surface area contributed by atoms with Gasteiger partial charge in [-0.15, -0.1) is 34.0 Å². The summed E-state index contributed by atoms with van der Waals surface area (Å²) in [6.07, 6.45) is 4.88. The first-order valence-electron chi connectivity index (χ1n) is 28.2. The van der Waals surface area contributed by atoms with Gasteiger partial charge < -0.3 is 5.32 Å². The monoisotopic (exact) mass is 1300 g/mol. The van der Waals surface area contributed by atoms with E-state index in [9.17, 15) is 40.4 Å². The number of carbonyl (C=O) groups excluding carboxylic acids is 3. The lowest BCUT2D eigenvalue weighted by Gasteiger charge is -2.23. The Bertz CT molecular complexity index is 4810. The summed E-state index contributed by atoms with van der Waals surface area (Å²) in [5.74, 6) is -3.52. The lowest BCUT2D eigenvalue weighted by atomic mass is 10.1. The Balaban J connectivity index is 0.000000142. The zero-order chi connectivity index (χ0) is 64.3. The molecule has 0 fully saturated rings. The number of hydrogen-bond donors (Lipinski definition) is 2. The number of halogens is 4. The number of nitrogens with one attached hydrogen (secondary N) is 2. The van der Waals surface area contributed by atoms with Crippen LogP contribution in [0.3, 0.4) is 0 Å². The summed E-state index contributed by atoms with van der Waals surface area (Å²) in [4.78, 5) is 58.2. The molecule has 0 saturated carbocycles. The van der Waals surface area contributed by atoms with Crippen LogP contribution in [0.1, 0.15) is 90.7 Å². The SMILES string of the molecule is CC(C)n1ncc2c(N(C(=O)c3ccc(F)cc3)C(=O)c3ccc(F)cc3)cc(-c3cccs3)nc21.CC(C)n1ncc2c(NC(=O)c3ccc(F)cc3)cc(-c3cccs3)nc21.CC(C)n1ncc2c(NS(=O)(=O)c3ccc(F)cc3)cc(-c3cccs3)nc21. The molecule has 25 heteroatoms. The van der Waals surface area contributed by atoms with E-state index < -0.39 is 39.3 Å². The van der Waals surface area contributed by atoms with Crippen LogP contribution < -0.4 is 14.9 Å². The number of fused-ring (bicyclic) bond motifs is 3. The van der Waals surface area contributed by atoms with E-state index in [-0.39, 0.29) is 51.6 Å². The van der Waals surface area contributed by atoms with Gasteiger partial charge in [-0.25, -0.2) is 59.9 Å². The van der Waals surface area contributed by atoms with Gasteiger partial charge in [0.1, 0.15) is 23.3 Å². The van der Waals surface area contributed by atoms with Crippen LogP contribution in [-0.2, 0) is 10.0 Å². The summed E-state index contributed by atoms with van der Waals surface area (Å²) in [5.41, 5.74) is 5.72. The first-order chi connectivity index (χ1) is 43.7. The molecule has 0 saturated heterocycles. The van der Waals surface area contributed by atoms with Crippen molar-refractivity contribution in [2.75, 3.05) is 14.9 Å². The Hall–Kier alpha value is -10.1. The lowest BCUT2D eigenvalue weighted by Crippen LogP contribution is -2.37. The summed E-state index contributed by atoms with van der Waals surface area (Å²) >= 11 is 4.57. The average molecular weight is 1300 g/mol. The highest BCUT2D eigenvalue weighted by Gasteiger charge is 2.31. The minimum absolute atomic E-state index is 0.0206. The Labute approximate surface area is 531 Å². The van der Waals surface area contributed by atoms with Gasteiger partial charge in [0.2, 0.25) is 0 Å². The summed E-state index contributed by atoms with van der Waals surface area (Å²) in [7, 11) is -3.90. The van der Waals surface area contributed by atoms with Crippen molar-refractivity contribution < 1.29 is 40.4 Å². The molecule has 9 aromatic heterocycles. The van der Waals surface area contributed by atoms with Crippen molar-refractivity contribution >= 4 is 112 Å². The molecular formula is C66H54F4N12O5S4. The fourth-order valence-electron chi connectivity index (χ4n) is 9.56. The van der Waals surface area contributed by atoms with Crippen molar-refractivity contribution in [1.29, 1.82) is 0 Å². The number of amides is 3. The number of nitrogens with zero attached hydrogens (tertiary/aromatic N) is 10. The maximum Gasteiger partial charge on any atom is 0.265 e. The summed E-state index contributed by atoms with van der Waals surface area (Å²) < 4.78 is 87.0. The van der Waals surface area contributed by atoms with Crippen LogP contribution in [0.25, 0.3) is 64.8 Å². The van der Waals surface area contributed by atoms with E-state index in [1.165, 1.54) is 83.3 Å². The van der Waals surface area contributed by atoms with Crippen LogP contribution >= 0.6 is 34.0 Å². The standard InChI is InChI=1S/C27H20F2N4O2S.C20H17FN4OS.C19H17FN4O2S2/c1-16(2)33-25-21(15-30-33)23(14-22(31-25)24-4-3-13-36-24)32(26(34)17-5-9-19(28)10-6-17)27(35)18-7-11-20(29)12-8-18;1-12(2)25-19-15(11-22-25)16(10-17(23-19)18-4-3-9-27-18)24-20(26)13-5-7-14(21)8-6-13;1-12(2)24-19-15(11-21-24)16(10-17(22-19)18-4-3-9-27-18)23-28(25,26)14-7-5-13(20)6-8-14/h3-16H,1-2H3;3-12H,1-2H3,(H,23,24,26);3-12H,1-2H3,(H,22,23). The number of sulfonamides is 1. The minimum Gasteiger partial charge on any atom is -0.321 e. The lowest BCUT2D eigenvalue weighted by molar-refractivity contribution is 0.0897. The number of hydrogen-bond acceptors (Lipinski definition) is 14. The molecule has 0 radical (unpaired) electrons. The molecule has 17 nitrogen and oxygen atoms in total.